The third-order valence-electron chi connectivity index (χ3n) is 11.9. The van der Waals surface area contributed by atoms with E-state index >= 15 is 0 Å². The molecule has 3 aliphatic carbocycles. The Morgan fingerprint density at radius 3 is 2.51 bits per heavy atom. The highest BCUT2D eigenvalue weighted by molar-refractivity contribution is 6.18. The Hall–Kier alpha value is -2.19. The first kappa shape index (κ1) is 38.1. The van der Waals surface area contributed by atoms with Gasteiger partial charge in [0.05, 0.1) is 6.10 Å². The number of benzene rings is 2. The molecule has 0 heterocycles. The summed E-state index contributed by atoms with van der Waals surface area (Å²) in [7, 11) is 0. The number of anilines is 1. The molecular weight excluding hydrogens is 657 g/mol. The van der Waals surface area contributed by atoms with Crippen molar-refractivity contribution in [3.05, 3.63) is 59.2 Å². The van der Waals surface area contributed by atoms with Crippen LogP contribution in [0.3, 0.4) is 0 Å². The fraction of sp³-hybridized carbons (Fsp3) is 0.675. The van der Waals surface area contributed by atoms with Crippen molar-refractivity contribution in [1.82, 2.24) is 10.6 Å². The molecule has 0 aromatic heterocycles. The fourth-order valence-electron chi connectivity index (χ4n) is 9.36. The monoisotopic (exact) mass is 715 g/mol. The largest absolute Gasteiger partial charge is 0.508 e. The maximum Gasteiger partial charge on any atom is 0.407 e. The average Bonchev–Trinajstić information content (AvgIpc) is 3.41. The van der Waals surface area contributed by atoms with Crippen LogP contribution in [0.2, 0.25) is 0 Å². The first-order valence-electron chi connectivity index (χ1n) is 18.9. The van der Waals surface area contributed by atoms with Crippen LogP contribution in [0.1, 0.15) is 93.7 Å². The second-order valence-corrected chi connectivity index (χ2v) is 15.7. The zero-order chi connectivity index (χ0) is 34.6. The quantitative estimate of drug-likeness (QED) is 0.0870. The van der Waals surface area contributed by atoms with Gasteiger partial charge in [-0.2, -0.15) is 0 Å². The van der Waals surface area contributed by atoms with E-state index in [1.54, 1.807) is 0 Å². The number of carbonyl (C=O) groups is 1. The third kappa shape index (κ3) is 9.99. The molecule has 4 N–H and O–H groups in total. The molecule has 49 heavy (non-hydrogen) atoms. The maximum absolute atomic E-state index is 12.1. The van der Waals surface area contributed by atoms with E-state index in [2.05, 4.69) is 52.8 Å². The van der Waals surface area contributed by atoms with Gasteiger partial charge < -0.3 is 30.5 Å². The van der Waals surface area contributed by atoms with Crippen LogP contribution in [0.4, 0.5) is 10.5 Å². The number of aryl methyl sites for hydroxylation is 1. The van der Waals surface area contributed by atoms with Gasteiger partial charge in [0.1, 0.15) is 12.4 Å². The zero-order valence-electron chi connectivity index (χ0n) is 29.5. The number of amides is 1. The lowest BCUT2D eigenvalue weighted by molar-refractivity contribution is -0.0396. The minimum absolute atomic E-state index is 0.0656. The van der Waals surface area contributed by atoms with Gasteiger partial charge in [0, 0.05) is 43.6 Å². The Morgan fingerprint density at radius 1 is 0.959 bits per heavy atom. The number of aromatic hydroxyl groups is 1. The highest BCUT2D eigenvalue weighted by Gasteiger charge is 2.56. The smallest absolute Gasteiger partial charge is 0.407 e. The maximum atomic E-state index is 12.1. The molecule has 2 saturated carbocycles. The van der Waals surface area contributed by atoms with E-state index in [1.165, 1.54) is 42.4 Å². The van der Waals surface area contributed by atoms with Crippen LogP contribution in [0, 0.1) is 23.2 Å². The van der Waals surface area contributed by atoms with Gasteiger partial charge in [-0.1, -0.05) is 44.4 Å². The Kier molecular flexibility index (Phi) is 14.7. The Morgan fingerprint density at radius 2 is 1.73 bits per heavy atom. The van der Waals surface area contributed by atoms with Crippen molar-refractivity contribution >= 4 is 35.0 Å². The van der Waals surface area contributed by atoms with E-state index in [4.69, 9.17) is 27.9 Å². The molecule has 0 spiro atoms. The summed E-state index contributed by atoms with van der Waals surface area (Å²) in [5.74, 6) is 3.95. The third-order valence-corrected chi connectivity index (χ3v) is 12.3. The summed E-state index contributed by atoms with van der Waals surface area (Å²) in [6.45, 7) is 6.43. The summed E-state index contributed by atoms with van der Waals surface area (Å²) in [5, 5.41) is 27.4. The molecule has 0 saturated heterocycles. The number of hydrogen-bond donors (Lipinski definition) is 4. The van der Waals surface area contributed by atoms with Gasteiger partial charge in [-0.25, -0.2) is 4.79 Å². The number of alkyl halides is 2. The predicted molar refractivity (Wildman–Crippen MR) is 201 cm³/mol. The van der Waals surface area contributed by atoms with Crippen LogP contribution in [0.15, 0.2) is 42.5 Å². The molecule has 7 nitrogen and oxygen atoms in total. The molecule has 2 aromatic carbocycles. The number of hydrogen-bond acceptors (Lipinski definition) is 6. The normalized spacial score (nSPS) is 25.7. The summed E-state index contributed by atoms with van der Waals surface area (Å²) in [6, 6.07) is 14.5. The first-order valence-corrected chi connectivity index (χ1v) is 20.0. The van der Waals surface area contributed by atoms with Gasteiger partial charge in [0.2, 0.25) is 0 Å². The van der Waals surface area contributed by atoms with Crippen molar-refractivity contribution in [2.75, 3.05) is 56.0 Å². The molecule has 6 atom stereocenters. The van der Waals surface area contributed by atoms with Crippen molar-refractivity contribution in [3.8, 4) is 5.75 Å². The van der Waals surface area contributed by atoms with Gasteiger partial charge in [-0.05, 0) is 134 Å². The summed E-state index contributed by atoms with van der Waals surface area (Å²) in [4.78, 5) is 14.3. The van der Waals surface area contributed by atoms with Crippen LogP contribution in [-0.4, -0.2) is 73.5 Å². The number of alkyl carbamates (subject to hydrolysis) is 1. The number of carbonyl (C=O) groups excluding carboxylic acids is 1. The number of aliphatic hydroxyl groups excluding tert-OH is 1. The van der Waals surface area contributed by atoms with Crippen molar-refractivity contribution in [2.24, 2.45) is 23.2 Å². The van der Waals surface area contributed by atoms with Crippen LogP contribution in [-0.2, 0) is 17.6 Å². The summed E-state index contributed by atoms with van der Waals surface area (Å²) < 4.78 is 5.34. The number of halogens is 2. The van der Waals surface area contributed by atoms with E-state index in [0.717, 1.165) is 76.7 Å². The molecule has 272 valence electrons. The number of nitrogens with zero attached hydrogens (tertiary/aromatic N) is 1. The second kappa shape index (κ2) is 18.9. The van der Waals surface area contributed by atoms with Crippen LogP contribution in [0.25, 0.3) is 0 Å². The number of fused-ring (bicyclic) bond motifs is 5. The molecule has 0 bridgehead atoms. The Balaban J connectivity index is 0.914. The van der Waals surface area contributed by atoms with E-state index in [-0.39, 0.29) is 17.6 Å². The molecule has 2 fully saturated rings. The number of phenolic OH excluding ortho intramolecular Hbond substituents is 1. The molecule has 4 unspecified atom stereocenters. The molecular formula is C40H59Cl2N3O4. The van der Waals surface area contributed by atoms with Gasteiger partial charge >= 0.3 is 6.09 Å². The number of phenols is 1. The van der Waals surface area contributed by atoms with Crippen LogP contribution >= 0.6 is 23.2 Å². The van der Waals surface area contributed by atoms with Crippen molar-refractivity contribution in [1.29, 1.82) is 0 Å². The predicted octanol–water partition coefficient (Wildman–Crippen LogP) is 8.02. The van der Waals surface area contributed by atoms with E-state index in [1.807, 2.05) is 12.1 Å². The highest BCUT2D eigenvalue weighted by Crippen LogP contribution is 2.62. The van der Waals surface area contributed by atoms with Gasteiger partial charge in [-0.15, -0.1) is 23.2 Å². The number of rotatable bonds is 19. The molecule has 2 aromatic rings. The molecule has 9 heteroatoms. The van der Waals surface area contributed by atoms with Crippen molar-refractivity contribution < 1.29 is 19.7 Å². The lowest BCUT2D eigenvalue weighted by Gasteiger charge is -2.53. The molecule has 1 amide bonds. The standard InChI is InChI=1S/C40H59Cl2N3O4/c1-40-18-17-35-34-14-13-33(46)28-31(34)27-30(38(35)36(40)15-16-37(40)47)8-4-2-3-5-21-43-23-26-49-39(48)44-22-6-7-29-9-11-32(12-10-29)45(24-19-41)25-20-42/h9-14,28,30,35-38,43,46-47H,2-8,15-27H2,1H3,(H,44,48)/t30?,35?,36?,37-,38?,40-/m0/s1. The summed E-state index contributed by atoms with van der Waals surface area (Å²) in [5.41, 5.74) is 5.24. The lowest BCUT2D eigenvalue weighted by atomic mass is 9.52. The van der Waals surface area contributed by atoms with Crippen molar-refractivity contribution in [3.63, 3.8) is 0 Å². The Bertz CT molecular complexity index is 1310. The number of unbranched alkanes of at least 4 members (excludes halogenated alkanes) is 3. The first-order chi connectivity index (χ1) is 23.8. The second-order valence-electron chi connectivity index (χ2n) is 14.9. The number of aliphatic hydroxyl groups is 1. The van der Waals surface area contributed by atoms with Crippen LogP contribution in [0.5, 0.6) is 5.75 Å². The van der Waals surface area contributed by atoms with Gasteiger partial charge in [-0.3, -0.25) is 0 Å². The molecule has 0 aliphatic heterocycles. The van der Waals surface area contributed by atoms with Gasteiger partial charge in [0.15, 0.2) is 0 Å². The summed E-state index contributed by atoms with van der Waals surface area (Å²) in [6.07, 6.45) is 12.6. The average molecular weight is 717 g/mol. The minimum atomic E-state index is -0.358. The SMILES string of the molecule is C[C@]12CCC3c4ccc(O)cc4CC(CCCCCCNCCOC(=O)NCCCc4ccc(N(CCCl)CCCl)cc4)C3C1CC[C@@H]2O. The van der Waals surface area contributed by atoms with E-state index in [0.29, 0.717) is 60.9 Å². The summed E-state index contributed by atoms with van der Waals surface area (Å²) >= 11 is 11.8. The van der Waals surface area contributed by atoms with Crippen molar-refractivity contribution in [2.45, 2.75) is 96.0 Å². The van der Waals surface area contributed by atoms with Crippen LogP contribution < -0.4 is 15.5 Å². The molecule has 5 rings (SSSR count). The van der Waals surface area contributed by atoms with Gasteiger partial charge in [0.25, 0.3) is 0 Å². The zero-order valence-corrected chi connectivity index (χ0v) is 31.0. The van der Waals surface area contributed by atoms with E-state index in [9.17, 15) is 15.0 Å². The number of ether oxygens (including phenoxy) is 1. The Labute approximate surface area is 304 Å². The highest BCUT2D eigenvalue weighted by atomic mass is 35.5. The molecule has 3 aliphatic rings. The lowest BCUT2D eigenvalue weighted by Crippen LogP contribution is -2.47. The minimum Gasteiger partial charge on any atom is -0.508 e. The number of nitrogens with one attached hydrogen (secondary N) is 2. The molecule has 0 radical (unpaired) electrons. The topological polar surface area (TPSA) is 94.1 Å². The van der Waals surface area contributed by atoms with E-state index < -0.39 is 0 Å². The fourth-order valence-corrected chi connectivity index (χ4v) is 9.77.